The van der Waals surface area contributed by atoms with E-state index in [4.69, 9.17) is 13.9 Å². The number of esters is 1. The Balaban J connectivity index is 1.22. The first kappa shape index (κ1) is 26.6. The van der Waals surface area contributed by atoms with Gasteiger partial charge < -0.3 is 13.9 Å². The molecule has 0 radical (unpaired) electrons. The number of likely N-dealkylation sites (tertiary alicyclic amines) is 1. The van der Waals surface area contributed by atoms with E-state index < -0.39 is 17.9 Å². The topological polar surface area (TPSA) is 81.9 Å². The number of carbonyl (C=O) groups excluding carboxylic acids is 2. The highest BCUT2D eigenvalue weighted by Gasteiger charge is 2.48. The van der Waals surface area contributed by atoms with Crippen LogP contribution in [0.5, 0.6) is 0 Å². The summed E-state index contributed by atoms with van der Waals surface area (Å²) in [5, 5.41) is 2.13. The lowest BCUT2D eigenvalue weighted by molar-refractivity contribution is -0.252. The molecule has 2 fully saturated rings. The molecule has 1 saturated carbocycles. The second kappa shape index (κ2) is 11.1. The molecule has 1 atom stereocenters. The maximum Gasteiger partial charge on any atom is 0.330 e. The van der Waals surface area contributed by atoms with Gasteiger partial charge in [-0.25, -0.2) is 9.88 Å². The van der Waals surface area contributed by atoms with E-state index >= 15 is 4.39 Å². The average Bonchev–Trinajstić information content (AvgIpc) is 3.67. The molecule has 1 aliphatic carbocycles. The molecule has 2 heterocycles. The van der Waals surface area contributed by atoms with E-state index in [0.717, 1.165) is 29.2 Å². The molecule has 8 heteroatoms. The molecular weight excluding hydrogens is 511 g/mol. The Morgan fingerprint density at radius 2 is 1.77 bits per heavy atom. The number of nitrogens with zero attached hydrogens (tertiary/aromatic N) is 2. The Kier molecular flexibility index (Phi) is 7.38. The summed E-state index contributed by atoms with van der Waals surface area (Å²) < 4.78 is 33.6. The lowest BCUT2D eigenvalue weighted by Crippen LogP contribution is -2.54. The van der Waals surface area contributed by atoms with Gasteiger partial charge in [0.05, 0.1) is 19.1 Å². The molecule has 0 N–H and O–H groups in total. The quantitative estimate of drug-likeness (QED) is 0.192. The number of Topliss-reactive ketones (excluding diaryl/α,β-unsaturated/α-hetero) is 1. The molecule has 7 nitrogen and oxygen atoms in total. The molecule has 3 aromatic carbocycles. The number of aromatic nitrogens is 1. The molecule has 1 aliphatic heterocycles. The Labute approximate surface area is 232 Å². The number of benzene rings is 3. The zero-order valence-corrected chi connectivity index (χ0v) is 22.6. The summed E-state index contributed by atoms with van der Waals surface area (Å²) >= 11 is 0. The maximum atomic E-state index is 16.6. The fourth-order valence-electron chi connectivity index (χ4n) is 6.03. The number of fused-ring (bicyclic) bond motifs is 2. The first-order valence-electron chi connectivity index (χ1n) is 14.0. The molecule has 1 aromatic heterocycles. The molecule has 1 unspecified atom stereocenters. The number of alkyl halides is 1. The number of carbonyl (C=O) groups is 2. The summed E-state index contributed by atoms with van der Waals surface area (Å²) in [5.41, 5.74) is 2.74. The van der Waals surface area contributed by atoms with E-state index in [1.807, 2.05) is 42.5 Å². The summed E-state index contributed by atoms with van der Waals surface area (Å²) in [5.74, 6) is -3.08. The first-order valence-corrected chi connectivity index (χ1v) is 14.0. The third-order valence-electron chi connectivity index (χ3n) is 8.23. The van der Waals surface area contributed by atoms with E-state index in [9.17, 15) is 9.59 Å². The van der Waals surface area contributed by atoms with Crippen LogP contribution in [0.4, 0.5) is 4.39 Å². The number of rotatable bonds is 8. The van der Waals surface area contributed by atoms with Crippen molar-refractivity contribution in [3.63, 3.8) is 0 Å². The van der Waals surface area contributed by atoms with Gasteiger partial charge in [0.15, 0.2) is 5.58 Å². The number of oxazole rings is 1. The summed E-state index contributed by atoms with van der Waals surface area (Å²) in [7, 11) is 1.38. The van der Waals surface area contributed by atoms with Crippen LogP contribution in [0, 0.1) is 5.92 Å². The molecule has 2 aliphatic rings. The number of halogens is 1. The van der Waals surface area contributed by atoms with Crippen molar-refractivity contribution < 1.29 is 27.9 Å². The van der Waals surface area contributed by atoms with Crippen LogP contribution in [-0.4, -0.2) is 53.9 Å². The molecule has 208 valence electrons. The van der Waals surface area contributed by atoms with Gasteiger partial charge in [-0.2, -0.15) is 4.39 Å². The maximum absolute atomic E-state index is 16.6. The Bertz CT molecular complexity index is 1530. The Hall–Kier alpha value is -3.62. The van der Waals surface area contributed by atoms with Gasteiger partial charge in [-0.15, -0.1) is 0 Å². The van der Waals surface area contributed by atoms with E-state index in [1.165, 1.54) is 12.0 Å². The van der Waals surface area contributed by atoms with Crippen molar-refractivity contribution in [2.45, 2.75) is 57.0 Å². The van der Waals surface area contributed by atoms with Gasteiger partial charge in [0.1, 0.15) is 5.52 Å². The fourth-order valence-corrected chi connectivity index (χ4v) is 6.03. The van der Waals surface area contributed by atoms with Gasteiger partial charge in [-0.1, -0.05) is 42.5 Å². The molecule has 0 bridgehead atoms. The highest BCUT2D eigenvalue weighted by atomic mass is 19.2. The molecule has 0 amide bonds. The zero-order valence-electron chi connectivity index (χ0n) is 22.6. The van der Waals surface area contributed by atoms with E-state index in [2.05, 4.69) is 4.98 Å². The van der Waals surface area contributed by atoms with Gasteiger partial charge >= 0.3 is 11.9 Å². The standard InChI is InChI=1S/C32H33FN2O5/c1-38-31(37)23-12-14-24(15-13-23)40-32(33,35-17-4-5-18-35)29(36)20-21-11-16-27-28(19-21)39-30(34-27)26-10-6-8-22-7-2-3-9-25(22)26/h2-3,6-11,16,19,23-24H,4-5,12-15,17-18,20H2,1H3. The van der Waals surface area contributed by atoms with Crippen LogP contribution in [-0.2, 0) is 25.5 Å². The number of methoxy groups -OCH3 is 1. The smallest absolute Gasteiger partial charge is 0.330 e. The second-order valence-corrected chi connectivity index (χ2v) is 10.8. The summed E-state index contributed by atoms with van der Waals surface area (Å²) in [6.07, 6.45) is 3.20. The highest BCUT2D eigenvalue weighted by molar-refractivity contribution is 5.96. The van der Waals surface area contributed by atoms with E-state index in [-0.39, 0.29) is 18.3 Å². The van der Waals surface area contributed by atoms with Crippen LogP contribution in [0.1, 0.15) is 44.1 Å². The van der Waals surface area contributed by atoms with Crippen LogP contribution >= 0.6 is 0 Å². The van der Waals surface area contributed by atoms with Crippen LogP contribution in [0.15, 0.2) is 65.1 Å². The van der Waals surface area contributed by atoms with Crippen molar-refractivity contribution in [3.8, 4) is 11.5 Å². The van der Waals surface area contributed by atoms with Crippen molar-refractivity contribution >= 4 is 33.6 Å². The van der Waals surface area contributed by atoms with Crippen molar-refractivity contribution in [1.82, 2.24) is 9.88 Å². The van der Waals surface area contributed by atoms with Crippen LogP contribution in [0.25, 0.3) is 33.3 Å². The molecule has 40 heavy (non-hydrogen) atoms. The Morgan fingerprint density at radius 3 is 2.55 bits per heavy atom. The largest absolute Gasteiger partial charge is 0.469 e. The summed E-state index contributed by atoms with van der Waals surface area (Å²) in [6.45, 7) is 0.935. The predicted molar refractivity (Wildman–Crippen MR) is 149 cm³/mol. The van der Waals surface area contributed by atoms with Crippen molar-refractivity contribution in [2.24, 2.45) is 5.92 Å². The summed E-state index contributed by atoms with van der Waals surface area (Å²) in [6, 6.07) is 19.4. The lowest BCUT2D eigenvalue weighted by atomic mass is 9.87. The molecule has 6 rings (SSSR count). The van der Waals surface area contributed by atoms with Crippen LogP contribution < -0.4 is 0 Å². The lowest BCUT2D eigenvalue weighted by Gasteiger charge is -2.37. The van der Waals surface area contributed by atoms with Gasteiger partial charge in [0.2, 0.25) is 11.7 Å². The zero-order chi connectivity index (χ0) is 27.7. The minimum Gasteiger partial charge on any atom is -0.469 e. The van der Waals surface area contributed by atoms with Crippen molar-refractivity contribution in [2.75, 3.05) is 20.2 Å². The number of ketones is 1. The third-order valence-corrected chi connectivity index (χ3v) is 8.23. The third kappa shape index (κ3) is 5.13. The minimum atomic E-state index is -2.51. The van der Waals surface area contributed by atoms with Gasteiger partial charge in [-0.05, 0) is 73.1 Å². The predicted octanol–water partition coefficient (Wildman–Crippen LogP) is 6.23. The van der Waals surface area contributed by atoms with Crippen LogP contribution in [0.3, 0.4) is 0 Å². The highest BCUT2D eigenvalue weighted by Crippen LogP contribution is 2.35. The minimum absolute atomic E-state index is 0.134. The number of hydrogen-bond donors (Lipinski definition) is 0. The normalized spacial score (nSPS) is 21.4. The first-order chi connectivity index (χ1) is 19.4. The molecule has 1 saturated heterocycles. The van der Waals surface area contributed by atoms with Gasteiger partial charge in [0, 0.05) is 25.1 Å². The Morgan fingerprint density at radius 1 is 1.02 bits per heavy atom. The monoisotopic (exact) mass is 544 g/mol. The second-order valence-electron chi connectivity index (χ2n) is 10.8. The average molecular weight is 545 g/mol. The SMILES string of the molecule is COC(=O)C1CCC(OC(F)(C(=O)Cc2ccc3nc(-c4cccc5ccccc45)oc3c2)N2CCCC2)CC1. The number of hydrogen-bond acceptors (Lipinski definition) is 7. The molecule has 0 spiro atoms. The van der Waals surface area contributed by atoms with Crippen molar-refractivity contribution in [1.29, 1.82) is 0 Å². The molecular formula is C32H33FN2O5. The van der Waals surface area contributed by atoms with Gasteiger partial charge in [0.25, 0.3) is 0 Å². The van der Waals surface area contributed by atoms with Crippen LogP contribution in [0.2, 0.25) is 0 Å². The van der Waals surface area contributed by atoms with E-state index in [0.29, 0.717) is 61.3 Å². The van der Waals surface area contributed by atoms with Gasteiger partial charge in [-0.3, -0.25) is 9.59 Å². The van der Waals surface area contributed by atoms with Crippen molar-refractivity contribution in [3.05, 3.63) is 66.2 Å². The molecule has 4 aromatic rings. The fraction of sp³-hybridized carbons (Fsp3) is 0.406. The van der Waals surface area contributed by atoms with E-state index in [1.54, 1.807) is 18.2 Å². The number of ether oxygens (including phenoxy) is 2. The summed E-state index contributed by atoms with van der Waals surface area (Å²) in [4.78, 5) is 31.7.